The number of carbonyl (C=O) groups is 7. The van der Waals surface area contributed by atoms with Crippen molar-refractivity contribution in [1.29, 1.82) is 0 Å². The van der Waals surface area contributed by atoms with Crippen LogP contribution in [0.3, 0.4) is 0 Å². The number of benzene rings is 2. The summed E-state index contributed by atoms with van der Waals surface area (Å²) in [6.07, 6.45) is 1.61. The van der Waals surface area contributed by atoms with Crippen LogP contribution in [-0.4, -0.2) is 124 Å². The van der Waals surface area contributed by atoms with E-state index in [1.54, 1.807) is 0 Å². The molecule has 1 fully saturated rings. The molecule has 0 saturated carbocycles. The standard InChI is InChI=1S/C52H77N7O8/c1-30(2)23-40-49(63)56(12)35(10)52(66)67-36(11)46(60)53-41(24-31(3)4)50(64)57(13)44(26-33(7)8)47(61)55-42(25-32(5)6)51(65)58(14)45(48(62)54-40)27-38-29-59(43-18-16-15-17-39(38)43)28-37-21-19-34(9)20-22-37/h15-22,29-33,35-36,40-42,44-45H,23-28H2,1-14H3,(H,53,60)(H,54,62)(H,55,61)/t35-,36+,40-,41-,42-,44-,45-/m0/s1. The van der Waals surface area contributed by atoms with Crippen LogP contribution in [-0.2, 0) is 51.3 Å². The third-order valence-corrected chi connectivity index (χ3v) is 12.6. The van der Waals surface area contributed by atoms with Crippen molar-refractivity contribution in [2.24, 2.45) is 23.7 Å². The molecule has 3 N–H and O–H groups in total. The molecule has 0 radical (unpaired) electrons. The van der Waals surface area contributed by atoms with Crippen molar-refractivity contribution in [3.63, 3.8) is 0 Å². The molecule has 15 heteroatoms. The van der Waals surface area contributed by atoms with Gasteiger partial charge < -0.3 is 40.0 Å². The van der Waals surface area contributed by atoms with Crippen LogP contribution in [0.2, 0.25) is 0 Å². The van der Waals surface area contributed by atoms with Gasteiger partial charge in [0.1, 0.15) is 36.3 Å². The summed E-state index contributed by atoms with van der Waals surface area (Å²) < 4.78 is 7.72. The van der Waals surface area contributed by atoms with Crippen LogP contribution in [0, 0.1) is 30.6 Å². The molecular formula is C52H77N7O8. The van der Waals surface area contributed by atoms with Crippen molar-refractivity contribution in [1.82, 2.24) is 35.2 Å². The maximum Gasteiger partial charge on any atom is 0.329 e. The maximum absolute atomic E-state index is 15.1. The van der Waals surface area contributed by atoms with Gasteiger partial charge in [0, 0.05) is 51.2 Å². The predicted molar refractivity (Wildman–Crippen MR) is 260 cm³/mol. The highest BCUT2D eigenvalue weighted by atomic mass is 16.5. The number of rotatable bonds is 12. The van der Waals surface area contributed by atoms with E-state index in [0.29, 0.717) is 6.54 Å². The largest absolute Gasteiger partial charge is 0.451 e. The fourth-order valence-corrected chi connectivity index (χ4v) is 8.63. The molecule has 0 spiro atoms. The summed E-state index contributed by atoms with van der Waals surface area (Å²) in [6.45, 7) is 20.8. The Labute approximate surface area is 398 Å². The summed E-state index contributed by atoms with van der Waals surface area (Å²) in [5, 5.41) is 9.62. The lowest BCUT2D eigenvalue weighted by Crippen LogP contribution is -2.60. The molecule has 2 heterocycles. The molecule has 2 aromatic carbocycles. The number of hydrogen-bond acceptors (Lipinski definition) is 8. The number of aryl methyl sites for hydroxylation is 1. The molecular weight excluding hydrogens is 851 g/mol. The third-order valence-electron chi connectivity index (χ3n) is 12.6. The molecule has 15 nitrogen and oxygen atoms in total. The Kier molecular flexibility index (Phi) is 19.2. The summed E-state index contributed by atoms with van der Waals surface area (Å²) in [7, 11) is 4.48. The second-order valence-electron chi connectivity index (χ2n) is 20.3. The lowest BCUT2D eigenvalue weighted by Gasteiger charge is -2.35. The van der Waals surface area contributed by atoms with Crippen molar-refractivity contribution >= 4 is 52.3 Å². The Morgan fingerprint density at radius 2 is 1.01 bits per heavy atom. The van der Waals surface area contributed by atoms with Crippen LogP contribution >= 0.6 is 0 Å². The van der Waals surface area contributed by atoms with Crippen LogP contribution in [0.5, 0.6) is 0 Å². The van der Waals surface area contributed by atoms with E-state index in [4.69, 9.17) is 4.74 Å². The number of amides is 6. The van der Waals surface area contributed by atoms with E-state index < -0.39 is 83.8 Å². The highest BCUT2D eigenvalue weighted by Gasteiger charge is 2.40. The van der Waals surface area contributed by atoms with E-state index in [9.17, 15) is 24.0 Å². The van der Waals surface area contributed by atoms with Gasteiger partial charge in [-0.2, -0.15) is 0 Å². The molecule has 0 unspecified atom stereocenters. The van der Waals surface area contributed by atoms with Crippen molar-refractivity contribution in [2.75, 3.05) is 21.1 Å². The number of nitrogens with zero attached hydrogens (tertiary/aromatic N) is 4. The summed E-state index contributed by atoms with van der Waals surface area (Å²) in [5.41, 5.74) is 3.96. The number of esters is 1. The quantitative estimate of drug-likeness (QED) is 0.196. The van der Waals surface area contributed by atoms with E-state index in [-0.39, 0.29) is 55.8 Å². The first-order chi connectivity index (χ1) is 31.4. The maximum atomic E-state index is 15.1. The number of ether oxygens (including phenoxy) is 1. The number of para-hydroxylation sites is 1. The van der Waals surface area contributed by atoms with E-state index in [1.807, 2.05) is 92.8 Å². The van der Waals surface area contributed by atoms with Crippen LogP contribution in [0.15, 0.2) is 54.7 Å². The summed E-state index contributed by atoms with van der Waals surface area (Å²) in [4.78, 5) is 105. The first-order valence-corrected chi connectivity index (χ1v) is 23.9. The second-order valence-corrected chi connectivity index (χ2v) is 20.3. The van der Waals surface area contributed by atoms with Gasteiger partial charge in [0.25, 0.3) is 5.91 Å². The first kappa shape index (κ1) is 53.9. The molecule has 1 aromatic heterocycles. The van der Waals surface area contributed by atoms with Gasteiger partial charge in [-0.15, -0.1) is 0 Å². The minimum atomic E-state index is -1.34. The Balaban J connectivity index is 1.89. The monoisotopic (exact) mass is 928 g/mol. The van der Waals surface area contributed by atoms with Crippen molar-refractivity contribution in [3.05, 3.63) is 71.4 Å². The Morgan fingerprint density at radius 1 is 0.567 bits per heavy atom. The van der Waals surface area contributed by atoms with Gasteiger partial charge in [-0.3, -0.25) is 28.8 Å². The number of fused-ring (bicyclic) bond motifs is 1. The van der Waals surface area contributed by atoms with Crippen LogP contribution in [0.25, 0.3) is 10.9 Å². The molecule has 6 amide bonds. The number of hydrogen-bond donors (Lipinski definition) is 3. The predicted octanol–water partition coefficient (Wildman–Crippen LogP) is 5.63. The summed E-state index contributed by atoms with van der Waals surface area (Å²) in [5.74, 6) is -4.61. The lowest BCUT2D eigenvalue weighted by atomic mass is 9.96. The molecule has 1 saturated heterocycles. The molecule has 1 aliphatic heterocycles. The summed E-state index contributed by atoms with van der Waals surface area (Å²) in [6, 6.07) is 9.48. The fraction of sp³-hybridized carbons (Fsp3) is 0.596. The molecule has 3 aromatic rings. The van der Waals surface area contributed by atoms with Gasteiger partial charge in [-0.25, -0.2) is 4.79 Å². The van der Waals surface area contributed by atoms with Gasteiger partial charge in [-0.1, -0.05) is 103 Å². The Hall–Kier alpha value is -5.73. The lowest BCUT2D eigenvalue weighted by molar-refractivity contribution is -0.162. The van der Waals surface area contributed by atoms with E-state index in [1.165, 1.54) is 49.7 Å². The molecule has 0 bridgehead atoms. The smallest absolute Gasteiger partial charge is 0.329 e. The van der Waals surface area contributed by atoms with Gasteiger partial charge >= 0.3 is 5.97 Å². The zero-order valence-electron chi connectivity index (χ0n) is 42.3. The van der Waals surface area contributed by atoms with E-state index >= 15 is 9.59 Å². The fourth-order valence-electron chi connectivity index (χ4n) is 8.63. The van der Waals surface area contributed by atoms with Crippen LogP contribution in [0.4, 0.5) is 0 Å². The molecule has 67 heavy (non-hydrogen) atoms. The number of aromatic nitrogens is 1. The highest BCUT2D eigenvalue weighted by molar-refractivity contribution is 5.98. The normalized spacial score (nSPS) is 23.8. The average molecular weight is 928 g/mol. The summed E-state index contributed by atoms with van der Waals surface area (Å²) >= 11 is 0. The van der Waals surface area contributed by atoms with Crippen molar-refractivity contribution in [3.8, 4) is 0 Å². The van der Waals surface area contributed by atoms with Crippen molar-refractivity contribution in [2.45, 2.75) is 157 Å². The highest BCUT2D eigenvalue weighted by Crippen LogP contribution is 2.26. The number of carbonyl (C=O) groups excluding carboxylic acids is 7. The van der Waals surface area contributed by atoms with Crippen molar-refractivity contribution < 1.29 is 38.3 Å². The second kappa shape index (κ2) is 23.8. The SMILES string of the molecule is Cc1ccc(Cn2cc(C[C@H]3C(=O)N[C@@H](CC(C)C)C(=O)N(C)[C@@H](C)C(=O)O[C@H](C)C(=O)N[C@@H](CC(C)C)C(=O)N(C)[C@@H](CC(C)C)C(=O)N[C@@H](CC(C)C)C(=O)N3C)c3ccccc32)cc1. The van der Waals surface area contributed by atoms with Crippen LogP contribution < -0.4 is 16.0 Å². The van der Waals surface area contributed by atoms with Gasteiger partial charge in [0.05, 0.1) is 0 Å². The van der Waals surface area contributed by atoms with Gasteiger partial charge in [0.2, 0.25) is 29.5 Å². The van der Waals surface area contributed by atoms with Gasteiger partial charge in [-0.05, 0) is 87.3 Å². The molecule has 0 aliphatic carbocycles. The number of nitrogens with one attached hydrogen (secondary N) is 3. The zero-order valence-corrected chi connectivity index (χ0v) is 42.3. The number of likely N-dealkylation sites (N-methyl/N-ethyl adjacent to an activating group) is 3. The van der Waals surface area contributed by atoms with E-state index in [2.05, 4.69) is 44.8 Å². The Morgan fingerprint density at radius 3 is 1.52 bits per heavy atom. The third kappa shape index (κ3) is 14.4. The molecule has 7 atom stereocenters. The van der Waals surface area contributed by atoms with Crippen LogP contribution in [0.1, 0.15) is 112 Å². The molecule has 368 valence electrons. The number of cyclic esters (lactones) is 1. The molecule has 4 rings (SSSR count). The van der Waals surface area contributed by atoms with Gasteiger partial charge in [0.15, 0.2) is 6.10 Å². The minimum Gasteiger partial charge on any atom is -0.451 e. The topological polar surface area (TPSA) is 179 Å². The first-order valence-electron chi connectivity index (χ1n) is 23.9. The Bertz CT molecular complexity index is 2220. The van der Waals surface area contributed by atoms with E-state index in [0.717, 1.165) is 27.6 Å². The minimum absolute atomic E-state index is 0.0524. The average Bonchev–Trinajstić information content (AvgIpc) is 3.60. The molecule has 1 aliphatic rings. The zero-order chi connectivity index (χ0) is 50.0.